The largest absolute Gasteiger partial charge is 0.338 e. The van der Waals surface area contributed by atoms with Crippen LogP contribution < -0.4 is 21.3 Å². The van der Waals surface area contributed by atoms with Crippen LogP contribution in [0, 0.1) is 12.8 Å². The number of nitrogens with one attached hydrogen (secondary N) is 4. The Hall–Kier alpha value is -3.02. The van der Waals surface area contributed by atoms with E-state index in [9.17, 15) is 9.59 Å². The van der Waals surface area contributed by atoms with Gasteiger partial charge in [0.2, 0.25) is 0 Å². The summed E-state index contributed by atoms with van der Waals surface area (Å²) in [6, 6.07) is 11.1. The predicted molar refractivity (Wildman–Crippen MR) is 139 cm³/mol. The minimum atomic E-state index is -0.299. The van der Waals surface area contributed by atoms with Gasteiger partial charge in [0.15, 0.2) is 0 Å². The highest BCUT2D eigenvalue weighted by Crippen LogP contribution is 2.24. The summed E-state index contributed by atoms with van der Waals surface area (Å²) in [4.78, 5) is 25.2. The maximum atomic E-state index is 12.7. The molecule has 0 fully saturated rings. The molecule has 1 atom stereocenters. The summed E-state index contributed by atoms with van der Waals surface area (Å²) < 4.78 is 0. The highest BCUT2D eigenvalue weighted by molar-refractivity contribution is 6.01. The van der Waals surface area contributed by atoms with Crippen molar-refractivity contribution in [3.8, 4) is 0 Å². The van der Waals surface area contributed by atoms with Gasteiger partial charge < -0.3 is 21.3 Å². The molecule has 0 radical (unpaired) electrons. The fourth-order valence-corrected chi connectivity index (χ4v) is 3.86. The first-order valence-electron chi connectivity index (χ1n) is 12.3. The Balaban J connectivity index is 2.01. The zero-order valence-corrected chi connectivity index (χ0v) is 20.8. The lowest BCUT2D eigenvalue weighted by Crippen LogP contribution is -2.33. The minimum Gasteiger partial charge on any atom is -0.338 e. The Morgan fingerprint density at radius 3 is 2.18 bits per heavy atom. The van der Waals surface area contributed by atoms with Crippen molar-refractivity contribution in [2.45, 2.75) is 73.1 Å². The summed E-state index contributed by atoms with van der Waals surface area (Å²) in [7, 11) is 0. The van der Waals surface area contributed by atoms with Crippen LogP contribution in [0.25, 0.3) is 0 Å². The van der Waals surface area contributed by atoms with Crippen LogP contribution in [0.15, 0.2) is 36.4 Å². The predicted octanol–water partition coefficient (Wildman–Crippen LogP) is 7.10. The van der Waals surface area contributed by atoms with E-state index in [-0.39, 0.29) is 12.1 Å². The van der Waals surface area contributed by atoms with E-state index in [0.717, 1.165) is 48.1 Å². The van der Waals surface area contributed by atoms with E-state index >= 15 is 0 Å². The van der Waals surface area contributed by atoms with Gasteiger partial charge in [0.25, 0.3) is 0 Å². The zero-order valence-electron chi connectivity index (χ0n) is 20.8. The zero-order chi connectivity index (χ0) is 24.2. The monoisotopic (exact) mass is 452 g/mol. The smallest absolute Gasteiger partial charge is 0.323 e. The van der Waals surface area contributed by atoms with Gasteiger partial charge in [-0.1, -0.05) is 71.2 Å². The molecule has 2 aromatic rings. The van der Waals surface area contributed by atoms with E-state index < -0.39 is 0 Å². The van der Waals surface area contributed by atoms with E-state index in [1.807, 2.05) is 37.3 Å². The summed E-state index contributed by atoms with van der Waals surface area (Å²) in [6.45, 7) is 11.1. The quantitative estimate of drug-likeness (QED) is 0.293. The Morgan fingerprint density at radius 2 is 1.58 bits per heavy atom. The van der Waals surface area contributed by atoms with Crippen molar-refractivity contribution in [3.63, 3.8) is 0 Å². The van der Waals surface area contributed by atoms with Crippen LogP contribution in [0.3, 0.4) is 0 Å². The second-order valence-corrected chi connectivity index (χ2v) is 8.52. The number of unbranched alkanes of at least 4 members (excludes halogenated alkanes) is 1. The van der Waals surface area contributed by atoms with Gasteiger partial charge in [-0.2, -0.15) is 0 Å². The number of para-hydroxylation sites is 1. The number of hydrogen-bond acceptors (Lipinski definition) is 2. The number of carbonyl (C=O) groups excluding carboxylic acids is 2. The molecule has 0 aliphatic heterocycles. The van der Waals surface area contributed by atoms with Crippen molar-refractivity contribution in [2.24, 2.45) is 5.92 Å². The van der Waals surface area contributed by atoms with Gasteiger partial charge in [-0.05, 0) is 60.9 Å². The number of amides is 4. The van der Waals surface area contributed by atoms with Crippen LogP contribution >= 0.6 is 0 Å². The van der Waals surface area contributed by atoms with Crippen molar-refractivity contribution in [3.05, 3.63) is 53.1 Å². The van der Waals surface area contributed by atoms with Gasteiger partial charge in [0.05, 0.1) is 0 Å². The molecule has 180 valence electrons. The molecule has 4 N–H and O–H groups in total. The van der Waals surface area contributed by atoms with Crippen LogP contribution in [-0.4, -0.2) is 18.6 Å². The molecule has 2 aromatic carbocycles. The van der Waals surface area contributed by atoms with Crippen molar-refractivity contribution in [2.75, 3.05) is 22.5 Å². The summed E-state index contributed by atoms with van der Waals surface area (Å²) in [5.41, 5.74) is 5.32. The summed E-state index contributed by atoms with van der Waals surface area (Å²) in [6.07, 6.45) is 6.21. The third-order valence-electron chi connectivity index (χ3n) is 6.08. The Morgan fingerprint density at radius 1 is 0.879 bits per heavy atom. The second kappa shape index (κ2) is 13.5. The molecular formula is C27H40N4O2. The number of aryl methyl sites for hydroxylation is 3. The lowest BCUT2D eigenvalue weighted by atomic mass is 9.99. The summed E-state index contributed by atoms with van der Waals surface area (Å²) in [5, 5.41) is 11.8. The molecule has 4 amide bonds. The molecule has 0 saturated carbocycles. The van der Waals surface area contributed by atoms with Gasteiger partial charge in [-0.15, -0.1) is 0 Å². The molecular weight excluding hydrogens is 412 g/mol. The van der Waals surface area contributed by atoms with Crippen LogP contribution in [0.5, 0.6) is 0 Å². The normalized spacial score (nSPS) is 11.5. The number of carbonyl (C=O) groups is 2. The maximum Gasteiger partial charge on any atom is 0.323 e. The standard InChI is InChI=1S/C27H40N4O2/c1-6-10-12-20(7-2)18-28-26(32)30-24-17-23(16-15-19(24)5)29-27(33)31-25-21(8-3)13-11-14-22(25)9-4/h11,13-17,20H,6-10,12,18H2,1-5H3,(H2,28,30,32)(H2,29,31,33). The highest BCUT2D eigenvalue weighted by Gasteiger charge is 2.12. The molecule has 6 nitrogen and oxygen atoms in total. The first-order chi connectivity index (χ1) is 15.9. The van der Waals surface area contributed by atoms with Gasteiger partial charge in [-0.25, -0.2) is 9.59 Å². The number of hydrogen-bond donors (Lipinski definition) is 4. The molecule has 0 bridgehead atoms. The van der Waals surface area contributed by atoms with Gasteiger partial charge in [0.1, 0.15) is 0 Å². The topological polar surface area (TPSA) is 82.3 Å². The van der Waals surface area contributed by atoms with Crippen LogP contribution in [-0.2, 0) is 12.8 Å². The molecule has 0 aliphatic rings. The van der Waals surface area contributed by atoms with E-state index in [2.05, 4.69) is 49.0 Å². The van der Waals surface area contributed by atoms with Gasteiger partial charge in [0, 0.05) is 23.6 Å². The molecule has 0 aromatic heterocycles. The molecule has 0 heterocycles. The van der Waals surface area contributed by atoms with Crippen molar-refractivity contribution < 1.29 is 9.59 Å². The Labute approximate surface area is 198 Å². The van der Waals surface area contributed by atoms with Gasteiger partial charge in [-0.3, -0.25) is 0 Å². The first kappa shape index (κ1) is 26.2. The molecule has 2 rings (SSSR count). The second-order valence-electron chi connectivity index (χ2n) is 8.52. The lowest BCUT2D eigenvalue weighted by molar-refractivity contribution is 0.249. The fourth-order valence-electron chi connectivity index (χ4n) is 3.86. The molecule has 0 aliphatic carbocycles. The molecule has 0 saturated heterocycles. The molecule has 6 heteroatoms. The van der Waals surface area contributed by atoms with Crippen molar-refractivity contribution in [1.82, 2.24) is 5.32 Å². The third-order valence-corrected chi connectivity index (χ3v) is 6.08. The fraction of sp³-hybridized carbons (Fsp3) is 0.481. The third kappa shape index (κ3) is 8.12. The SMILES string of the molecule is CCCCC(CC)CNC(=O)Nc1cc(NC(=O)Nc2c(CC)cccc2CC)ccc1C. The highest BCUT2D eigenvalue weighted by atomic mass is 16.2. The number of benzene rings is 2. The number of urea groups is 2. The van der Waals surface area contributed by atoms with Crippen LogP contribution in [0.1, 0.15) is 70.1 Å². The lowest BCUT2D eigenvalue weighted by Gasteiger charge is -2.17. The van der Waals surface area contributed by atoms with E-state index in [1.165, 1.54) is 12.8 Å². The number of anilines is 3. The average Bonchev–Trinajstić information content (AvgIpc) is 2.81. The Kier molecular flexibility index (Phi) is 10.7. The van der Waals surface area contributed by atoms with Gasteiger partial charge >= 0.3 is 12.1 Å². The van der Waals surface area contributed by atoms with E-state index in [4.69, 9.17) is 0 Å². The molecule has 0 spiro atoms. The first-order valence-corrected chi connectivity index (χ1v) is 12.3. The minimum absolute atomic E-state index is 0.223. The van der Waals surface area contributed by atoms with Crippen molar-refractivity contribution >= 4 is 29.1 Å². The molecule has 33 heavy (non-hydrogen) atoms. The number of rotatable bonds is 11. The maximum absolute atomic E-state index is 12.7. The van der Waals surface area contributed by atoms with Crippen LogP contribution in [0.2, 0.25) is 0 Å². The van der Waals surface area contributed by atoms with E-state index in [0.29, 0.717) is 23.8 Å². The van der Waals surface area contributed by atoms with E-state index in [1.54, 1.807) is 6.07 Å². The Bertz CT molecular complexity index is 904. The summed E-state index contributed by atoms with van der Waals surface area (Å²) >= 11 is 0. The average molecular weight is 453 g/mol. The van der Waals surface area contributed by atoms with Crippen molar-refractivity contribution in [1.29, 1.82) is 0 Å². The van der Waals surface area contributed by atoms with Crippen LogP contribution in [0.4, 0.5) is 26.7 Å². The summed E-state index contributed by atoms with van der Waals surface area (Å²) in [5.74, 6) is 0.493. The molecule has 1 unspecified atom stereocenters.